The van der Waals surface area contributed by atoms with Crippen molar-refractivity contribution in [2.75, 3.05) is 41.0 Å². The summed E-state index contributed by atoms with van der Waals surface area (Å²) in [6.45, 7) is 5.31. The minimum Gasteiger partial charge on any atom is -0.493 e. The molecule has 1 N–H and O–H groups in total. The molecule has 2 aromatic carbocycles. The van der Waals surface area contributed by atoms with Crippen LogP contribution in [-0.2, 0) is 4.79 Å². The summed E-state index contributed by atoms with van der Waals surface area (Å²) in [6.07, 6.45) is 0.846. The van der Waals surface area contributed by atoms with Gasteiger partial charge in [0, 0.05) is 31.1 Å². The van der Waals surface area contributed by atoms with Gasteiger partial charge in [-0.25, -0.2) is 0 Å². The fourth-order valence-electron chi connectivity index (χ4n) is 4.25. The van der Waals surface area contributed by atoms with Crippen LogP contribution in [0.1, 0.15) is 40.7 Å². The van der Waals surface area contributed by atoms with E-state index >= 15 is 0 Å². The zero-order valence-corrected chi connectivity index (χ0v) is 19.4. The maximum Gasteiger partial charge on any atom is 0.254 e. The van der Waals surface area contributed by atoms with Crippen molar-refractivity contribution in [2.45, 2.75) is 26.2 Å². The van der Waals surface area contributed by atoms with Crippen molar-refractivity contribution >= 4 is 11.8 Å². The number of likely N-dealkylation sites (tertiary alicyclic amines) is 1. The molecule has 2 atom stereocenters. The molecule has 0 bridgehead atoms. The summed E-state index contributed by atoms with van der Waals surface area (Å²) in [6, 6.07) is 11.3. The van der Waals surface area contributed by atoms with Gasteiger partial charge in [-0.05, 0) is 42.7 Å². The van der Waals surface area contributed by atoms with Crippen molar-refractivity contribution in [3.05, 3.63) is 53.1 Å². The van der Waals surface area contributed by atoms with Crippen LogP contribution in [0.25, 0.3) is 0 Å². The highest BCUT2D eigenvalue weighted by Crippen LogP contribution is 2.43. The van der Waals surface area contributed by atoms with Crippen LogP contribution in [0.5, 0.6) is 17.2 Å². The third-order valence-electron chi connectivity index (χ3n) is 5.98. The van der Waals surface area contributed by atoms with Gasteiger partial charge in [-0.3, -0.25) is 9.59 Å². The Hall–Kier alpha value is -3.22. The zero-order valence-electron chi connectivity index (χ0n) is 19.4. The second kappa shape index (κ2) is 10.4. The van der Waals surface area contributed by atoms with Gasteiger partial charge in [0.15, 0.2) is 11.5 Å². The van der Waals surface area contributed by atoms with E-state index in [-0.39, 0.29) is 23.7 Å². The monoisotopic (exact) mass is 440 g/mol. The molecule has 1 aliphatic rings. The van der Waals surface area contributed by atoms with Crippen molar-refractivity contribution in [1.29, 1.82) is 0 Å². The number of carbonyl (C=O) groups is 2. The summed E-state index contributed by atoms with van der Waals surface area (Å²) < 4.78 is 16.5. The highest BCUT2D eigenvalue weighted by atomic mass is 16.5. The van der Waals surface area contributed by atoms with Crippen LogP contribution < -0.4 is 19.5 Å². The molecule has 7 nitrogen and oxygen atoms in total. The highest BCUT2D eigenvalue weighted by molar-refractivity contribution is 5.96. The van der Waals surface area contributed by atoms with Gasteiger partial charge in [0.2, 0.25) is 11.7 Å². The third-order valence-corrected chi connectivity index (χ3v) is 5.98. The number of nitrogens with one attached hydrogen (secondary N) is 1. The smallest absolute Gasteiger partial charge is 0.254 e. The first-order valence-electron chi connectivity index (χ1n) is 10.9. The van der Waals surface area contributed by atoms with Gasteiger partial charge in [0.05, 0.1) is 27.2 Å². The Labute approximate surface area is 189 Å². The van der Waals surface area contributed by atoms with Gasteiger partial charge in [0.25, 0.3) is 5.91 Å². The number of ether oxygens (including phenoxy) is 3. The Balaban J connectivity index is 1.99. The molecule has 1 fully saturated rings. The number of rotatable bonds is 8. The number of benzene rings is 2. The first-order valence-corrected chi connectivity index (χ1v) is 10.9. The van der Waals surface area contributed by atoms with E-state index in [1.165, 1.54) is 0 Å². The third kappa shape index (κ3) is 4.66. The van der Waals surface area contributed by atoms with Crippen molar-refractivity contribution in [3.8, 4) is 17.2 Å². The average molecular weight is 441 g/mol. The van der Waals surface area contributed by atoms with E-state index < -0.39 is 0 Å². The topological polar surface area (TPSA) is 77.1 Å². The SMILES string of the molecule is CCCNC(=O)C1CN(C(=O)c2ccccc2C)CC1c1cc(OC)c(OC)c(OC)c1. The maximum atomic E-state index is 13.3. The predicted molar refractivity (Wildman–Crippen MR) is 123 cm³/mol. The molecule has 3 rings (SSSR count). The molecule has 7 heteroatoms. The quantitative estimate of drug-likeness (QED) is 0.681. The van der Waals surface area contributed by atoms with E-state index in [9.17, 15) is 9.59 Å². The van der Waals surface area contributed by atoms with Gasteiger partial charge in [0.1, 0.15) is 0 Å². The van der Waals surface area contributed by atoms with E-state index in [0.29, 0.717) is 42.4 Å². The maximum absolute atomic E-state index is 13.3. The zero-order chi connectivity index (χ0) is 23.3. The van der Waals surface area contributed by atoms with Gasteiger partial charge in [-0.1, -0.05) is 25.1 Å². The molecule has 0 aromatic heterocycles. The normalized spacial score (nSPS) is 17.7. The molecule has 1 saturated heterocycles. The van der Waals surface area contributed by atoms with Gasteiger partial charge in [-0.2, -0.15) is 0 Å². The molecule has 1 heterocycles. The first kappa shape index (κ1) is 23.4. The summed E-state index contributed by atoms with van der Waals surface area (Å²) in [4.78, 5) is 28.1. The number of nitrogens with zero attached hydrogens (tertiary/aromatic N) is 1. The van der Waals surface area contributed by atoms with Crippen LogP contribution in [0.4, 0.5) is 0 Å². The van der Waals surface area contributed by atoms with E-state index in [0.717, 1.165) is 17.5 Å². The largest absolute Gasteiger partial charge is 0.493 e. The summed E-state index contributed by atoms with van der Waals surface area (Å²) in [5, 5.41) is 3.00. The van der Waals surface area contributed by atoms with E-state index in [2.05, 4.69) is 5.32 Å². The molecular weight excluding hydrogens is 408 g/mol. The molecule has 32 heavy (non-hydrogen) atoms. The predicted octanol–water partition coefficient (Wildman–Crippen LogP) is 3.40. The number of methoxy groups -OCH3 is 3. The minimum atomic E-state index is -0.377. The fourth-order valence-corrected chi connectivity index (χ4v) is 4.25. The van der Waals surface area contributed by atoms with Crippen LogP contribution in [0.2, 0.25) is 0 Å². The van der Waals surface area contributed by atoms with Crippen LogP contribution in [0.3, 0.4) is 0 Å². The Morgan fingerprint density at radius 3 is 2.25 bits per heavy atom. The summed E-state index contributed by atoms with van der Waals surface area (Å²) >= 11 is 0. The lowest BCUT2D eigenvalue weighted by molar-refractivity contribution is -0.124. The van der Waals surface area contributed by atoms with Crippen LogP contribution >= 0.6 is 0 Å². The lowest BCUT2D eigenvalue weighted by Gasteiger charge is -2.21. The van der Waals surface area contributed by atoms with Crippen molar-refractivity contribution in [2.24, 2.45) is 5.92 Å². The van der Waals surface area contributed by atoms with Crippen molar-refractivity contribution < 1.29 is 23.8 Å². The van der Waals surface area contributed by atoms with E-state index in [4.69, 9.17) is 14.2 Å². The summed E-state index contributed by atoms with van der Waals surface area (Å²) in [5.41, 5.74) is 2.45. The lowest BCUT2D eigenvalue weighted by atomic mass is 9.88. The van der Waals surface area contributed by atoms with E-state index in [1.807, 2.05) is 50.2 Å². The molecule has 172 valence electrons. The van der Waals surface area contributed by atoms with Gasteiger partial charge < -0.3 is 24.4 Å². The van der Waals surface area contributed by atoms with Crippen molar-refractivity contribution in [1.82, 2.24) is 10.2 Å². The minimum absolute atomic E-state index is 0.0503. The highest BCUT2D eigenvalue weighted by Gasteiger charge is 2.41. The fraction of sp³-hybridized carbons (Fsp3) is 0.440. The molecular formula is C25H32N2O5. The standard InChI is InChI=1S/C25H32N2O5/c1-6-11-26-24(28)20-15-27(25(29)18-10-8-7-9-16(18)2)14-19(20)17-12-21(30-3)23(32-5)22(13-17)31-4/h7-10,12-13,19-20H,6,11,14-15H2,1-5H3,(H,26,28). The summed E-state index contributed by atoms with van der Waals surface area (Å²) in [7, 11) is 4.68. The Morgan fingerprint density at radius 1 is 1.03 bits per heavy atom. The summed E-state index contributed by atoms with van der Waals surface area (Å²) in [5.74, 6) is 0.857. The molecule has 2 unspecified atom stereocenters. The first-order chi connectivity index (χ1) is 15.4. The van der Waals surface area contributed by atoms with Crippen LogP contribution in [0.15, 0.2) is 36.4 Å². The molecule has 1 aliphatic heterocycles. The van der Waals surface area contributed by atoms with Gasteiger partial charge in [-0.15, -0.1) is 0 Å². The number of carbonyl (C=O) groups excluding carboxylic acids is 2. The Kier molecular flexibility index (Phi) is 7.62. The molecule has 0 radical (unpaired) electrons. The molecule has 0 aliphatic carbocycles. The molecule has 2 aromatic rings. The second-order valence-electron chi connectivity index (χ2n) is 7.99. The van der Waals surface area contributed by atoms with Crippen LogP contribution in [-0.4, -0.2) is 57.7 Å². The number of hydrogen-bond donors (Lipinski definition) is 1. The van der Waals surface area contributed by atoms with Crippen molar-refractivity contribution in [3.63, 3.8) is 0 Å². The van der Waals surface area contributed by atoms with Crippen LogP contribution in [0, 0.1) is 12.8 Å². The molecule has 2 amide bonds. The van der Waals surface area contributed by atoms with Gasteiger partial charge >= 0.3 is 0 Å². The Morgan fingerprint density at radius 2 is 1.69 bits per heavy atom. The average Bonchev–Trinajstić information content (AvgIpc) is 3.27. The van der Waals surface area contributed by atoms with E-state index in [1.54, 1.807) is 26.2 Å². The Bertz CT molecular complexity index is 950. The number of hydrogen-bond acceptors (Lipinski definition) is 5. The molecule has 0 spiro atoms. The number of amides is 2. The second-order valence-corrected chi connectivity index (χ2v) is 7.99. The molecule has 0 saturated carbocycles. The number of aryl methyl sites for hydroxylation is 1. The lowest BCUT2D eigenvalue weighted by Crippen LogP contribution is -2.36.